The Labute approximate surface area is 182 Å². The van der Waals surface area contributed by atoms with Crippen LogP contribution in [-0.4, -0.2) is 42.1 Å². The van der Waals surface area contributed by atoms with Crippen LogP contribution in [0, 0.1) is 6.92 Å². The number of aromatic nitrogens is 1. The van der Waals surface area contributed by atoms with Crippen molar-refractivity contribution < 1.29 is 18.8 Å². The van der Waals surface area contributed by atoms with Gasteiger partial charge in [-0.3, -0.25) is 9.59 Å². The zero-order chi connectivity index (χ0) is 22.2. The Morgan fingerprint density at radius 1 is 1.10 bits per heavy atom. The molecule has 0 aliphatic rings. The fraction of sp³-hybridized carbons (Fsp3) is 0.292. The Hall–Kier alpha value is -3.61. The summed E-state index contributed by atoms with van der Waals surface area (Å²) in [5.74, 6) is 0.837. The molecule has 0 bridgehead atoms. The van der Waals surface area contributed by atoms with Crippen molar-refractivity contribution in [2.24, 2.45) is 0 Å². The molecular weight excluding hydrogens is 394 g/mol. The van der Waals surface area contributed by atoms with Crippen molar-refractivity contribution in [3.63, 3.8) is 0 Å². The molecule has 1 heterocycles. The van der Waals surface area contributed by atoms with Crippen LogP contribution in [0.3, 0.4) is 0 Å². The Morgan fingerprint density at radius 2 is 1.81 bits per heavy atom. The van der Waals surface area contributed by atoms with Gasteiger partial charge in [0, 0.05) is 24.7 Å². The SMILES string of the molecule is CCNC(=O)c1cc(CN(CCc2ccc(OC)cc2)C(=O)c2ccc(C)cc2)on1. The van der Waals surface area contributed by atoms with Gasteiger partial charge in [0.15, 0.2) is 11.5 Å². The number of carbonyl (C=O) groups excluding carboxylic acids is 2. The summed E-state index contributed by atoms with van der Waals surface area (Å²) in [6, 6.07) is 16.8. The largest absolute Gasteiger partial charge is 0.497 e. The average Bonchev–Trinajstić information content (AvgIpc) is 3.26. The highest BCUT2D eigenvalue weighted by Gasteiger charge is 2.20. The third-order valence-corrected chi connectivity index (χ3v) is 4.89. The Bertz CT molecular complexity index is 1010. The highest BCUT2D eigenvalue weighted by Crippen LogP contribution is 2.16. The second kappa shape index (κ2) is 10.4. The highest BCUT2D eigenvalue weighted by molar-refractivity contribution is 5.94. The molecule has 1 aromatic heterocycles. The summed E-state index contributed by atoms with van der Waals surface area (Å²) in [6.45, 7) is 5.01. The van der Waals surface area contributed by atoms with Crippen LogP contribution in [0.1, 0.15) is 44.7 Å². The number of nitrogens with one attached hydrogen (secondary N) is 1. The first-order valence-corrected chi connectivity index (χ1v) is 10.2. The van der Waals surface area contributed by atoms with Crippen LogP contribution in [0.5, 0.6) is 5.75 Å². The normalized spacial score (nSPS) is 10.5. The molecule has 162 valence electrons. The Kier molecular flexibility index (Phi) is 7.43. The van der Waals surface area contributed by atoms with Gasteiger partial charge in [0.1, 0.15) is 5.75 Å². The second-order valence-corrected chi connectivity index (χ2v) is 7.23. The predicted molar refractivity (Wildman–Crippen MR) is 117 cm³/mol. The average molecular weight is 421 g/mol. The maximum absolute atomic E-state index is 13.2. The number of hydrogen-bond donors (Lipinski definition) is 1. The first-order valence-electron chi connectivity index (χ1n) is 10.2. The predicted octanol–water partition coefficient (Wildman–Crippen LogP) is 3.63. The van der Waals surface area contributed by atoms with Crippen LogP contribution in [0.2, 0.25) is 0 Å². The first kappa shape index (κ1) is 22.1. The number of carbonyl (C=O) groups is 2. The van der Waals surface area contributed by atoms with Gasteiger partial charge in [-0.15, -0.1) is 0 Å². The quantitative estimate of drug-likeness (QED) is 0.570. The standard InChI is InChI=1S/C24H27N3O4/c1-4-25-23(28)22-15-21(31-26-22)16-27(24(29)19-9-5-17(2)6-10-19)14-13-18-7-11-20(30-3)12-8-18/h5-12,15H,4,13-14,16H2,1-3H3,(H,25,28). The van der Waals surface area contributed by atoms with E-state index in [2.05, 4.69) is 10.5 Å². The molecule has 0 aliphatic heterocycles. The van der Waals surface area contributed by atoms with Crippen LogP contribution < -0.4 is 10.1 Å². The van der Waals surface area contributed by atoms with E-state index in [1.165, 1.54) is 0 Å². The van der Waals surface area contributed by atoms with Crippen molar-refractivity contribution in [3.8, 4) is 5.75 Å². The molecular formula is C24H27N3O4. The summed E-state index contributed by atoms with van der Waals surface area (Å²) in [5, 5.41) is 6.52. The fourth-order valence-electron chi connectivity index (χ4n) is 3.12. The number of aryl methyl sites for hydroxylation is 1. The molecule has 0 radical (unpaired) electrons. The zero-order valence-corrected chi connectivity index (χ0v) is 18.1. The lowest BCUT2D eigenvalue weighted by Crippen LogP contribution is -2.32. The van der Waals surface area contributed by atoms with E-state index in [0.717, 1.165) is 16.9 Å². The topological polar surface area (TPSA) is 84.7 Å². The van der Waals surface area contributed by atoms with Gasteiger partial charge in [-0.2, -0.15) is 0 Å². The summed E-state index contributed by atoms with van der Waals surface area (Å²) in [6.07, 6.45) is 0.666. The Morgan fingerprint density at radius 3 is 2.45 bits per heavy atom. The fourth-order valence-corrected chi connectivity index (χ4v) is 3.12. The number of rotatable bonds is 9. The molecule has 0 atom stereocenters. The lowest BCUT2D eigenvalue weighted by atomic mass is 10.1. The summed E-state index contributed by atoms with van der Waals surface area (Å²) in [7, 11) is 1.63. The molecule has 7 heteroatoms. The van der Waals surface area contributed by atoms with E-state index in [0.29, 0.717) is 30.8 Å². The number of amides is 2. The van der Waals surface area contributed by atoms with Gasteiger partial charge in [0.2, 0.25) is 0 Å². The molecule has 1 N–H and O–H groups in total. The van der Waals surface area contributed by atoms with Crippen LogP contribution in [0.25, 0.3) is 0 Å². The van der Waals surface area contributed by atoms with Crippen LogP contribution in [0.15, 0.2) is 59.1 Å². The molecule has 0 spiro atoms. The van der Waals surface area contributed by atoms with Crippen LogP contribution in [0.4, 0.5) is 0 Å². The second-order valence-electron chi connectivity index (χ2n) is 7.23. The summed E-state index contributed by atoms with van der Waals surface area (Å²) >= 11 is 0. The molecule has 3 aromatic rings. The molecule has 2 aromatic carbocycles. The Balaban J connectivity index is 1.76. The molecule has 0 aliphatic carbocycles. The van der Waals surface area contributed by atoms with Crippen molar-refractivity contribution in [1.82, 2.24) is 15.4 Å². The number of methoxy groups -OCH3 is 1. The number of ether oxygens (including phenoxy) is 1. The van der Waals surface area contributed by atoms with Crippen molar-refractivity contribution in [2.75, 3.05) is 20.2 Å². The maximum Gasteiger partial charge on any atom is 0.273 e. The molecule has 0 saturated heterocycles. The van der Waals surface area contributed by atoms with Gasteiger partial charge in [0.25, 0.3) is 11.8 Å². The minimum absolute atomic E-state index is 0.107. The maximum atomic E-state index is 13.2. The van der Waals surface area contributed by atoms with E-state index in [4.69, 9.17) is 9.26 Å². The molecule has 0 fully saturated rings. The minimum Gasteiger partial charge on any atom is -0.497 e. The van der Waals surface area contributed by atoms with E-state index in [1.807, 2.05) is 62.4 Å². The van der Waals surface area contributed by atoms with Gasteiger partial charge < -0.3 is 19.5 Å². The number of benzene rings is 2. The molecule has 0 saturated carbocycles. The van der Waals surface area contributed by atoms with Crippen molar-refractivity contribution >= 4 is 11.8 Å². The third-order valence-electron chi connectivity index (χ3n) is 4.89. The molecule has 31 heavy (non-hydrogen) atoms. The minimum atomic E-state index is -0.299. The van der Waals surface area contributed by atoms with E-state index >= 15 is 0 Å². The lowest BCUT2D eigenvalue weighted by molar-refractivity contribution is 0.0729. The van der Waals surface area contributed by atoms with Gasteiger partial charge in [-0.05, 0) is 50.1 Å². The van der Waals surface area contributed by atoms with Crippen LogP contribution >= 0.6 is 0 Å². The van der Waals surface area contributed by atoms with Gasteiger partial charge in [-0.1, -0.05) is 35.0 Å². The lowest BCUT2D eigenvalue weighted by Gasteiger charge is -2.22. The summed E-state index contributed by atoms with van der Waals surface area (Å²) in [4.78, 5) is 26.9. The smallest absolute Gasteiger partial charge is 0.273 e. The summed E-state index contributed by atoms with van der Waals surface area (Å²) < 4.78 is 10.5. The molecule has 2 amide bonds. The molecule has 3 rings (SSSR count). The van der Waals surface area contributed by atoms with E-state index in [-0.39, 0.29) is 24.1 Å². The highest BCUT2D eigenvalue weighted by atomic mass is 16.5. The third kappa shape index (κ3) is 5.94. The summed E-state index contributed by atoms with van der Waals surface area (Å²) in [5.41, 5.74) is 2.98. The number of nitrogens with zero attached hydrogens (tertiary/aromatic N) is 2. The van der Waals surface area contributed by atoms with Gasteiger partial charge in [0.05, 0.1) is 13.7 Å². The number of hydrogen-bond acceptors (Lipinski definition) is 5. The van der Waals surface area contributed by atoms with Gasteiger partial charge >= 0.3 is 0 Å². The van der Waals surface area contributed by atoms with E-state index in [9.17, 15) is 9.59 Å². The van der Waals surface area contributed by atoms with Crippen molar-refractivity contribution in [3.05, 3.63) is 82.7 Å². The first-order chi connectivity index (χ1) is 15.0. The van der Waals surface area contributed by atoms with E-state index in [1.54, 1.807) is 18.1 Å². The van der Waals surface area contributed by atoms with Crippen LogP contribution in [-0.2, 0) is 13.0 Å². The van der Waals surface area contributed by atoms with Gasteiger partial charge in [-0.25, -0.2) is 0 Å². The van der Waals surface area contributed by atoms with E-state index < -0.39 is 0 Å². The van der Waals surface area contributed by atoms with Crippen molar-refractivity contribution in [1.29, 1.82) is 0 Å². The van der Waals surface area contributed by atoms with Crippen molar-refractivity contribution in [2.45, 2.75) is 26.8 Å². The molecule has 0 unspecified atom stereocenters. The zero-order valence-electron chi connectivity index (χ0n) is 18.1. The molecule has 7 nitrogen and oxygen atoms in total. The monoisotopic (exact) mass is 421 g/mol.